The van der Waals surface area contributed by atoms with E-state index in [0.29, 0.717) is 6.04 Å². The zero-order valence-corrected chi connectivity index (χ0v) is 15.7. The molecule has 3 heteroatoms. The van der Waals surface area contributed by atoms with Gasteiger partial charge in [-0.2, -0.15) is 0 Å². The average molecular weight is 339 g/mol. The zero-order valence-electron chi connectivity index (χ0n) is 15.7. The van der Waals surface area contributed by atoms with Crippen molar-refractivity contribution in [2.75, 3.05) is 27.3 Å². The summed E-state index contributed by atoms with van der Waals surface area (Å²) in [5.41, 5.74) is 2.45. The summed E-state index contributed by atoms with van der Waals surface area (Å²) in [5, 5.41) is 0. The van der Waals surface area contributed by atoms with Gasteiger partial charge in [-0.1, -0.05) is 49.4 Å². The van der Waals surface area contributed by atoms with E-state index in [1.54, 1.807) is 14.2 Å². The first-order valence-electron chi connectivity index (χ1n) is 8.84. The summed E-state index contributed by atoms with van der Waals surface area (Å²) in [4.78, 5) is 2.47. The van der Waals surface area contributed by atoms with Crippen LogP contribution >= 0.6 is 0 Å². The molecule has 0 heterocycles. The lowest BCUT2D eigenvalue weighted by Gasteiger charge is -2.26. The molecule has 2 aromatic rings. The standard InChI is InChI=1S/C22H29NO2/c1-5-23(16-8-10-20-9-6-7-11-22(20)25-4)18(2)17-19-12-14-21(24-3)15-13-19/h6-15,18H,5,16-17H2,1-4H3. The van der Waals surface area contributed by atoms with Crippen LogP contribution in [-0.2, 0) is 6.42 Å². The second kappa shape index (κ2) is 9.90. The molecule has 0 N–H and O–H groups in total. The topological polar surface area (TPSA) is 21.7 Å². The quantitative estimate of drug-likeness (QED) is 0.663. The molecule has 2 aromatic carbocycles. The molecule has 3 nitrogen and oxygen atoms in total. The van der Waals surface area contributed by atoms with E-state index in [4.69, 9.17) is 9.47 Å². The van der Waals surface area contributed by atoms with Crippen LogP contribution in [-0.4, -0.2) is 38.3 Å². The smallest absolute Gasteiger partial charge is 0.126 e. The Morgan fingerprint density at radius 2 is 1.72 bits per heavy atom. The molecule has 0 fully saturated rings. The lowest BCUT2D eigenvalue weighted by Crippen LogP contribution is -2.34. The Labute approximate surface area is 151 Å². The van der Waals surface area contributed by atoms with Gasteiger partial charge in [-0.3, -0.25) is 4.90 Å². The molecule has 0 saturated heterocycles. The number of hydrogen-bond acceptors (Lipinski definition) is 3. The molecule has 0 aliphatic rings. The van der Waals surface area contributed by atoms with Crippen LogP contribution < -0.4 is 9.47 Å². The minimum Gasteiger partial charge on any atom is -0.497 e. The van der Waals surface area contributed by atoms with E-state index in [-0.39, 0.29) is 0 Å². The fourth-order valence-corrected chi connectivity index (χ4v) is 2.97. The molecular formula is C22H29NO2. The van der Waals surface area contributed by atoms with Crippen molar-refractivity contribution in [1.82, 2.24) is 4.90 Å². The van der Waals surface area contributed by atoms with Gasteiger partial charge < -0.3 is 9.47 Å². The first kappa shape index (κ1) is 19.1. The summed E-state index contributed by atoms with van der Waals surface area (Å²) in [6.07, 6.45) is 5.38. The van der Waals surface area contributed by atoms with Crippen molar-refractivity contribution in [3.63, 3.8) is 0 Å². The second-order valence-corrected chi connectivity index (χ2v) is 6.13. The van der Waals surface area contributed by atoms with Crippen LogP contribution in [0.25, 0.3) is 6.08 Å². The van der Waals surface area contributed by atoms with Crippen LogP contribution in [0.15, 0.2) is 54.6 Å². The minimum absolute atomic E-state index is 0.473. The second-order valence-electron chi connectivity index (χ2n) is 6.13. The summed E-state index contributed by atoms with van der Waals surface area (Å²) in [6, 6.07) is 16.9. The highest BCUT2D eigenvalue weighted by atomic mass is 16.5. The van der Waals surface area contributed by atoms with Crippen LogP contribution in [0.3, 0.4) is 0 Å². The van der Waals surface area contributed by atoms with Gasteiger partial charge in [-0.25, -0.2) is 0 Å². The molecule has 0 aliphatic heterocycles. The highest BCUT2D eigenvalue weighted by Crippen LogP contribution is 2.19. The normalized spacial score (nSPS) is 12.5. The number of benzene rings is 2. The van der Waals surface area contributed by atoms with Crippen LogP contribution in [0, 0.1) is 0 Å². The number of likely N-dealkylation sites (N-methyl/N-ethyl adjacent to an activating group) is 1. The highest BCUT2D eigenvalue weighted by molar-refractivity contribution is 5.57. The third kappa shape index (κ3) is 5.64. The summed E-state index contributed by atoms with van der Waals surface area (Å²) in [5.74, 6) is 1.82. The zero-order chi connectivity index (χ0) is 18.1. The van der Waals surface area contributed by atoms with Gasteiger partial charge in [0.15, 0.2) is 0 Å². The maximum absolute atomic E-state index is 5.40. The highest BCUT2D eigenvalue weighted by Gasteiger charge is 2.11. The molecule has 0 radical (unpaired) electrons. The maximum Gasteiger partial charge on any atom is 0.126 e. The molecule has 0 bridgehead atoms. The van der Waals surface area contributed by atoms with Crippen molar-refractivity contribution < 1.29 is 9.47 Å². The van der Waals surface area contributed by atoms with Gasteiger partial charge in [0, 0.05) is 18.2 Å². The van der Waals surface area contributed by atoms with Gasteiger partial charge in [0.05, 0.1) is 14.2 Å². The number of ether oxygens (including phenoxy) is 2. The van der Waals surface area contributed by atoms with Crippen molar-refractivity contribution in [3.8, 4) is 11.5 Å². The minimum atomic E-state index is 0.473. The molecule has 0 aliphatic carbocycles. The largest absolute Gasteiger partial charge is 0.497 e. The Morgan fingerprint density at radius 1 is 1.00 bits per heavy atom. The summed E-state index contributed by atoms with van der Waals surface area (Å²) < 4.78 is 10.6. The number of rotatable bonds is 9. The predicted octanol–water partition coefficient (Wildman–Crippen LogP) is 4.67. The molecular weight excluding hydrogens is 310 g/mol. The monoisotopic (exact) mass is 339 g/mol. The molecule has 0 saturated carbocycles. The fourth-order valence-electron chi connectivity index (χ4n) is 2.97. The van der Waals surface area contributed by atoms with E-state index in [9.17, 15) is 0 Å². The Hall–Kier alpha value is -2.26. The molecule has 1 atom stereocenters. The third-order valence-electron chi connectivity index (χ3n) is 4.50. The Morgan fingerprint density at radius 3 is 2.36 bits per heavy atom. The van der Waals surface area contributed by atoms with E-state index in [2.05, 4.69) is 49.1 Å². The number of nitrogens with zero attached hydrogens (tertiary/aromatic N) is 1. The molecule has 0 amide bonds. The SMILES string of the molecule is CCN(CC=Cc1ccccc1OC)C(C)Cc1ccc(OC)cc1. The first-order valence-corrected chi connectivity index (χ1v) is 8.84. The number of hydrogen-bond donors (Lipinski definition) is 0. The average Bonchev–Trinajstić information content (AvgIpc) is 2.66. The van der Waals surface area contributed by atoms with E-state index in [1.165, 1.54) is 5.56 Å². The van der Waals surface area contributed by atoms with Gasteiger partial charge in [0.25, 0.3) is 0 Å². The van der Waals surface area contributed by atoms with Crippen LogP contribution in [0.4, 0.5) is 0 Å². The van der Waals surface area contributed by atoms with Crippen molar-refractivity contribution in [3.05, 3.63) is 65.7 Å². The van der Waals surface area contributed by atoms with E-state index < -0.39 is 0 Å². The van der Waals surface area contributed by atoms with Gasteiger partial charge in [-0.05, 0) is 43.7 Å². The number of para-hydroxylation sites is 1. The third-order valence-corrected chi connectivity index (χ3v) is 4.50. The molecule has 25 heavy (non-hydrogen) atoms. The summed E-state index contributed by atoms with van der Waals surface area (Å²) in [7, 11) is 3.41. The van der Waals surface area contributed by atoms with Gasteiger partial charge in [-0.15, -0.1) is 0 Å². The lowest BCUT2D eigenvalue weighted by atomic mass is 10.1. The molecule has 2 rings (SSSR count). The summed E-state index contributed by atoms with van der Waals surface area (Å²) >= 11 is 0. The lowest BCUT2D eigenvalue weighted by molar-refractivity contribution is 0.242. The fraction of sp³-hybridized carbons (Fsp3) is 0.364. The van der Waals surface area contributed by atoms with Crippen LogP contribution in [0.5, 0.6) is 11.5 Å². The van der Waals surface area contributed by atoms with Crippen LogP contribution in [0.1, 0.15) is 25.0 Å². The van der Waals surface area contributed by atoms with Gasteiger partial charge >= 0.3 is 0 Å². The van der Waals surface area contributed by atoms with Gasteiger partial charge in [0.2, 0.25) is 0 Å². The number of methoxy groups -OCH3 is 2. The molecule has 134 valence electrons. The van der Waals surface area contributed by atoms with Crippen molar-refractivity contribution in [2.24, 2.45) is 0 Å². The van der Waals surface area contributed by atoms with Crippen molar-refractivity contribution in [1.29, 1.82) is 0 Å². The molecule has 0 aromatic heterocycles. The molecule has 0 spiro atoms. The van der Waals surface area contributed by atoms with E-state index >= 15 is 0 Å². The van der Waals surface area contributed by atoms with Crippen molar-refractivity contribution >= 4 is 6.08 Å². The Bertz CT molecular complexity index is 664. The maximum atomic E-state index is 5.40. The van der Waals surface area contributed by atoms with Gasteiger partial charge in [0.1, 0.15) is 11.5 Å². The predicted molar refractivity (Wildman–Crippen MR) is 105 cm³/mol. The van der Waals surface area contributed by atoms with Crippen molar-refractivity contribution in [2.45, 2.75) is 26.3 Å². The molecule has 1 unspecified atom stereocenters. The van der Waals surface area contributed by atoms with E-state index in [0.717, 1.165) is 36.6 Å². The Kier molecular flexibility index (Phi) is 7.55. The van der Waals surface area contributed by atoms with Crippen LogP contribution in [0.2, 0.25) is 0 Å². The Balaban J connectivity index is 1.95. The van der Waals surface area contributed by atoms with E-state index in [1.807, 2.05) is 30.3 Å². The summed E-state index contributed by atoms with van der Waals surface area (Å²) in [6.45, 7) is 6.44. The first-order chi connectivity index (χ1) is 12.2.